The first kappa shape index (κ1) is 9.26. The van der Waals surface area contributed by atoms with Crippen molar-refractivity contribution in [2.45, 2.75) is 32.3 Å². The smallest absolute Gasteiger partial charge is 0.332 e. The molecular formula is C9H14O3. The Kier molecular flexibility index (Phi) is 3.29. The summed E-state index contributed by atoms with van der Waals surface area (Å²) in [7, 11) is 0. The number of hydrogen-bond acceptors (Lipinski definition) is 2. The average Bonchev–Trinajstić information content (AvgIpc) is 2.51. The number of carbonyl (C=O) groups is 1. The molecule has 0 heterocycles. The van der Waals surface area contributed by atoms with E-state index < -0.39 is 12.1 Å². The van der Waals surface area contributed by atoms with Crippen LogP contribution in [-0.4, -0.2) is 23.8 Å². The summed E-state index contributed by atoms with van der Waals surface area (Å²) in [5.74, 6) is -0.895. The Morgan fingerprint density at radius 2 is 2.58 bits per heavy atom. The van der Waals surface area contributed by atoms with Crippen LogP contribution in [0.3, 0.4) is 0 Å². The second kappa shape index (κ2) is 4.26. The van der Waals surface area contributed by atoms with Gasteiger partial charge in [0.05, 0.1) is 6.61 Å². The van der Waals surface area contributed by atoms with Gasteiger partial charge in [0.15, 0.2) is 6.10 Å². The maximum absolute atomic E-state index is 10.4. The predicted octanol–water partition coefficient (Wildman–Crippen LogP) is 1.59. The molecule has 0 fully saturated rings. The third-order valence-electron chi connectivity index (χ3n) is 2.00. The second-order valence-electron chi connectivity index (χ2n) is 3.05. The van der Waals surface area contributed by atoms with Gasteiger partial charge in [0.1, 0.15) is 0 Å². The van der Waals surface area contributed by atoms with Crippen molar-refractivity contribution in [1.82, 2.24) is 0 Å². The van der Waals surface area contributed by atoms with Crippen LogP contribution in [0.4, 0.5) is 0 Å². The minimum atomic E-state index is -0.895. The van der Waals surface area contributed by atoms with Gasteiger partial charge in [0.2, 0.25) is 0 Å². The Morgan fingerprint density at radius 1 is 1.83 bits per heavy atom. The van der Waals surface area contributed by atoms with Crippen LogP contribution in [0.2, 0.25) is 0 Å². The van der Waals surface area contributed by atoms with Gasteiger partial charge in [-0.15, -0.1) is 0 Å². The lowest BCUT2D eigenvalue weighted by Crippen LogP contribution is -2.20. The fraction of sp³-hybridized carbons (Fsp3) is 0.667. The van der Waals surface area contributed by atoms with E-state index in [-0.39, 0.29) is 0 Å². The predicted molar refractivity (Wildman–Crippen MR) is 45.0 cm³/mol. The Balaban J connectivity index is 2.20. The summed E-state index contributed by atoms with van der Waals surface area (Å²) in [5.41, 5.74) is 1.24. The maximum Gasteiger partial charge on any atom is 0.332 e. The monoisotopic (exact) mass is 170 g/mol. The lowest BCUT2D eigenvalue weighted by Gasteiger charge is -2.08. The molecule has 0 aromatic carbocycles. The minimum absolute atomic E-state index is 0.480. The van der Waals surface area contributed by atoms with Gasteiger partial charge in [-0.2, -0.15) is 0 Å². The molecule has 3 heteroatoms. The first-order chi connectivity index (χ1) is 5.70. The van der Waals surface area contributed by atoms with E-state index >= 15 is 0 Å². The Bertz CT molecular complexity index is 196. The first-order valence-corrected chi connectivity index (χ1v) is 4.22. The molecule has 1 atom stereocenters. The van der Waals surface area contributed by atoms with Gasteiger partial charge in [-0.1, -0.05) is 6.08 Å². The number of carboxylic acids is 1. The molecule has 3 nitrogen and oxygen atoms in total. The summed E-state index contributed by atoms with van der Waals surface area (Å²) in [6.07, 6.45) is 4.80. The average molecular weight is 170 g/mol. The van der Waals surface area contributed by atoms with Crippen molar-refractivity contribution in [3.8, 4) is 0 Å². The van der Waals surface area contributed by atoms with Crippen molar-refractivity contribution in [3.63, 3.8) is 0 Å². The fourth-order valence-electron chi connectivity index (χ4n) is 1.17. The Labute approximate surface area is 72.0 Å². The molecule has 0 saturated carbocycles. The molecule has 0 radical (unpaired) electrons. The molecule has 1 rings (SSSR count). The summed E-state index contributed by atoms with van der Waals surface area (Å²) in [4.78, 5) is 10.4. The topological polar surface area (TPSA) is 46.5 Å². The molecule has 0 aromatic rings. The molecule has 1 N–H and O–H groups in total. The van der Waals surface area contributed by atoms with Crippen LogP contribution in [-0.2, 0) is 9.53 Å². The van der Waals surface area contributed by atoms with Crippen LogP contribution >= 0.6 is 0 Å². The number of allylic oxidation sites excluding steroid dienone is 1. The van der Waals surface area contributed by atoms with Crippen molar-refractivity contribution >= 4 is 5.97 Å². The van der Waals surface area contributed by atoms with E-state index in [9.17, 15) is 4.79 Å². The number of carboxylic acid groups (broad SMARTS) is 1. The van der Waals surface area contributed by atoms with Gasteiger partial charge >= 0.3 is 5.97 Å². The molecule has 0 amide bonds. The number of rotatable bonds is 4. The largest absolute Gasteiger partial charge is 0.479 e. The summed E-state index contributed by atoms with van der Waals surface area (Å²) in [5, 5.41) is 8.51. The first-order valence-electron chi connectivity index (χ1n) is 4.22. The van der Waals surface area contributed by atoms with Crippen LogP contribution in [0, 0.1) is 0 Å². The van der Waals surface area contributed by atoms with E-state index in [1.807, 2.05) is 0 Å². The highest BCUT2D eigenvalue weighted by Gasteiger charge is 2.12. The molecule has 1 aliphatic rings. The highest BCUT2D eigenvalue weighted by atomic mass is 16.5. The van der Waals surface area contributed by atoms with Gasteiger partial charge in [-0.25, -0.2) is 4.79 Å². The second-order valence-corrected chi connectivity index (χ2v) is 3.05. The highest BCUT2D eigenvalue weighted by Crippen LogP contribution is 2.17. The standard InChI is InChI=1S/C9H14O3/c1-7(9(10)11)12-6-8-4-2-3-5-8/h4,7H,2-3,5-6H2,1H3,(H,10,11)/t7-/m0/s1. The van der Waals surface area contributed by atoms with E-state index in [0.717, 1.165) is 12.8 Å². The molecule has 12 heavy (non-hydrogen) atoms. The zero-order chi connectivity index (χ0) is 8.97. The van der Waals surface area contributed by atoms with Crippen LogP contribution in [0.1, 0.15) is 26.2 Å². The zero-order valence-electron chi connectivity index (χ0n) is 7.25. The quantitative estimate of drug-likeness (QED) is 0.651. The van der Waals surface area contributed by atoms with E-state index in [1.54, 1.807) is 6.92 Å². The molecule has 1 aliphatic carbocycles. The van der Waals surface area contributed by atoms with Gasteiger partial charge in [0.25, 0.3) is 0 Å². The maximum atomic E-state index is 10.4. The van der Waals surface area contributed by atoms with Gasteiger partial charge in [-0.3, -0.25) is 0 Å². The molecule has 0 aromatic heterocycles. The van der Waals surface area contributed by atoms with Crippen molar-refractivity contribution in [2.75, 3.05) is 6.61 Å². The summed E-state index contributed by atoms with van der Waals surface area (Å²) >= 11 is 0. The highest BCUT2D eigenvalue weighted by molar-refractivity contribution is 5.71. The van der Waals surface area contributed by atoms with Crippen LogP contribution in [0.25, 0.3) is 0 Å². The van der Waals surface area contributed by atoms with Crippen LogP contribution < -0.4 is 0 Å². The van der Waals surface area contributed by atoms with Crippen molar-refractivity contribution in [1.29, 1.82) is 0 Å². The molecule has 0 spiro atoms. The van der Waals surface area contributed by atoms with Crippen molar-refractivity contribution < 1.29 is 14.6 Å². The van der Waals surface area contributed by atoms with Crippen molar-refractivity contribution in [2.24, 2.45) is 0 Å². The van der Waals surface area contributed by atoms with E-state index in [2.05, 4.69) is 6.08 Å². The lowest BCUT2D eigenvalue weighted by molar-refractivity contribution is -0.148. The van der Waals surface area contributed by atoms with E-state index in [0.29, 0.717) is 6.61 Å². The molecular weight excluding hydrogens is 156 g/mol. The SMILES string of the molecule is C[C@H](OCC1=CCCC1)C(=O)O. The minimum Gasteiger partial charge on any atom is -0.479 e. The molecule has 0 unspecified atom stereocenters. The Morgan fingerprint density at radius 3 is 3.08 bits per heavy atom. The third-order valence-corrected chi connectivity index (χ3v) is 2.00. The number of ether oxygens (including phenoxy) is 1. The van der Waals surface area contributed by atoms with Gasteiger partial charge in [-0.05, 0) is 31.8 Å². The molecule has 0 aliphatic heterocycles. The summed E-state index contributed by atoms with van der Waals surface area (Å²) in [6, 6.07) is 0. The third kappa shape index (κ3) is 2.66. The van der Waals surface area contributed by atoms with Gasteiger partial charge in [0, 0.05) is 0 Å². The number of aliphatic carboxylic acids is 1. The molecule has 0 saturated heterocycles. The Hall–Kier alpha value is -0.830. The van der Waals surface area contributed by atoms with Gasteiger partial charge < -0.3 is 9.84 Å². The van der Waals surface area contributed by atoms with E-state index in [1.165, 1.54) is 12.0 Å². The van der Waals surface area contributed by atoms with E-state index in [4.69, 9.17) is 9.84 Å². The zero-order valence-corrected chi connectivity index (χ0v) is 7.25. The normalized spacial score (nSPS) is 18.9. The summed E-state index contributed by atoms with van der Waals surface area (Å²) in [6.45, 7) is 2.03. The number of hydrogen-bond donors (Lipinski definition) is 1. The lowest BCUT2D eigenvalue weighted by atomic mass is 10.2. The van der Waals surface area contributed by atoms with Crippen LogP contribution in [0.5, 0.6) is 0 Å². The fourth-order valence-corrected chi connectivity index (χ4v) is 1.17. The summed E-state index contributed by atoms with van der Waals surface area (Å²) < 4.78 is 5.12. The molecule has 68 valence electrons. The van der Waals surface area contributed by atoms with Crippen molar-refractivity contribution in [3.05, 3.63) is 11.6 Å². The molecule has 0 bridgehead atoms. The van der Waals surface area contributed by atoms with Crippen LogP contribution in [0.15, 0.2) is 11.6 Å².